The third-order valence-corrected chi connectivity index (χ3v) is 0. The monoisotopic (exact) mass is 136 g/mol. The van der Waals surface area contributed by atoms with Gasteiger partial charge >= 0.3 is 27.9 Å². The third-order valence-electron chi connectivity index (χ3n) is 0. The van der Waals surface area contributed by atoms with Gasteiger partial charge in [-0.25, -0.2) is 0 Å². The van der Waals surface area contributed by atoms with E-state index in [-0.39, 0.29) is 7.43 Å². The Morgan fingerprint density at radius 3 is 0.833 bits per heavy atom. The average molecular weight is 136 g/mol. The van der Waals surface area contributed by atoms with Crippen LogP contribution in [-0.4, -0.2) is 0 Å². The first-order chi connectivity index (χ1) is 2.00. The van der Waals surface area contributed by atoms with Gasteiger partial charge in [-0.3, -0.25) is 0 Å². The fourth-order valence-corrected chi connectivity index (χ4v) is 0. The number of rotatable bonds is 0. The molecule has 0 heterocycles. The second-order valence-electron chi connectivity index (χ2n) is 0.354. The van der Waals surface area contributed by atoms with E-state index in [0.29, 0.717) is 0 Å². The van der Waals surface area contributed by atoms with Crippen molar-refractivity contribution in [3.05, 3.63) is 0 Å². The molecule has 0 bridgehead atoms. The normalized spacial score (nSPS) is 9.33. The summed E-state index contributed by atoms with van der Waals surface area (Å²) in [6.45, 7) is 0. The second-order valence-corrected chi connectivity index (χ2v) is 1.46. The summed E-state index contributed by atoms with van der Waals surface area (Å²) in [7, 11) is 0. The molecule has 0 radical (unpaired) electrons. The Kier molecular flexibility index (Phi) is 3.06. The minimum atomic E-state index is -5.50. The SMILES string of the molecule is C.[O]=[Fe](=[O])(=[O])=[O]. The fourth-order valence-electron chi connectivity index (χ4n) is 0. The molecule has 0 aliphatic carbocycles. The quantitative estimate of drug-likeness (QED) is 0.444. The van der Waals surface area contributed by atoms with Crippen molar-refractivity contribution in [2.24, 2.45) is 0 Å². The van der Waals surface area contributed by atoms with E-state index in [1.54, 1.807) is 0 Å². The summed E-state index contributed by atoms with van der Waals surface area (Å²) in [5.74, 6) is 0. The van der Waals surface area contributed by atoms with Gasteiger partial charge in [0.1, 0.15) is 0 Å². The Bertz CT molecular complexity index is 159. The molecule has 0 fully saturated rings. The molecule has 0 spiro atoms. The molecule has 5 heteroatoms. The topological polar surface area (TPSA) is 68.3 Å². The minimum absolute atomic E-state index is 0. The Morgan fingerprint density at radius 2 is 0.833 bits per heavy atom. The van der Waals surface area contributed by atoms with E-state index in [9.17, 15) is 0 Å². The first-order valence-electron chi connectivity index (χ1n) is 0.577. The zero-order chi connectivity index (χ0) is 4.50. The summed E-state index contributed by atoms with van der Waals surface area (Å²) in [6, 6.07) is 0. The molecule has 0 aromatic carbocycles. The molecule has 4 nitrogen and oxygen atoms in total. The first-order valence-corrected chi connectivity index (χ1v) is 2.38. The number of hydrogen-bond acceptors (Lipinski definition) is 4. The molecule has 0 saturated heterocycles. The molecule has 0 unspecified atom stereocenters. The van der Waals surface area contributed by atoms with E-state index >= 15 is 0 Å². The predicted molar refractivity (Wildman–Crippen MR) is 9.48 cm³/mol. The van der Waals surface area contributed by atoms with Gasteiger partial charge in [-0.2, -0.15) is 0 Å². The van der Waals surface area contributed by atoms with Crippen LogP contribution >= 0.6 is 0 Å². The van der Waals surface area contributed by atoms with Crippen LogP contribution in [0.1, 0.15) is 7.43 Å². The van der Waals surface area contributed by atoms with Crippen molar-refractivity contribution in [2.75, 3.05) is 0 Å². The summed E-state index contributed by atoms with van der Waals surface area (Å²) >= 11 is -5.50. The second kappa shape index (κ2) is 2.00. The van der Waals surface area contributed by atoms with Gasteiger partial charge in [-0.15, -0.1) is 0 Å². The zero-order valence-electron chi connectivity index (χ0n) is 1.99. The van der Waals surface area contributed by atoms with Crippen LogP contribution in [-0.2, 0) is 27.9 Å². The summed E-state index contributed by atoms with van der Waals surface area (Å²) in [5.41, 5.74) is 0. The molecule has 0 saturated carbocycles. The van der Waals surface area contributed by atoms with Crippen molar-refractivity contribution in [1.82, 2.24) is 0 Å². The molecular weight excluding hydrogens is 132 g/mol. The molecule has 0 aliphatic rings. The molecule has 0 atom stereocenters. The summed E-state index contributed by atoms with van der Waals surface area (Å²) < 4.78 is 34.2. The van der Waals surface area contributed by atoms with Crippen LogP contribution in [0.2, 0.25) is 0 Å². The van der Waals surface area contributed by atoms with E-state index in [4.69, 9.17) is 15.3 Å². The molecule has 0 rings (SSSR count). The maximum atomic E-state index is 8.56. The van der Waals surface area contributed by atoms with Crippen LogP contribution in [0.15, 0.2) is 0 Å². The molecule has 0 N–H and O–H groups in total. The molecule has 0 aromatic rings. The van der Waals surface area contributed by atoms with Gasteiger partial charge in [-0.1, -0.05) is 7.43 Å². The summed E-state index contributed by atoms with van der Waals surface area (Å²) in [4.78, 5) is 0. The van der Waals surface area contributed by atoms with Crippen molar-refractivity contribution < 1.29 is 27.9 Å². The predicted octanol–water partition coefficient (Wildman–Crippen LogP) is 0.158. The Labute approximate surface area is 36.2 Å². The van der Waals surface area contributed by atoms with E-state index in [1.165, 1.54) is 0 Å². The summed E-state index contributed by atoms with van der Waals surface area (Å²) in [6.07, 6.45) is 0. The summed E-state index contributed by atoms with van der Waals surface area (Å²) in [5, 5.41) is 0. The van der Waals surface area contributed by atoms with E-state index in [1.807, 2.05) is 0 Å². The van der Waals surface area contributed by atoms with Gasteiger partial charge in [0.15, 0.2) is 0 Å². The van der Waals surface area contributed by atoms with Crippen LogP contribution < -0.4 is 0 Å². The van der Waals surface area contributed by atoms with Gasteiger partial charge in [0.05, 0.1) is 0 Å². The Morgan fingerprint density at radius 1 is 0.833 bits per heavy atom. The molecule has 0 aliphatic heterocycles. The van der Waals surface area contributed by atoms with Crippen molar-refractivity contribution >= 4 is 0 Å². The van der Waals surface area contributed by atoms with E-state index in [2.05, 4.69) is 0 Å². The molecule has 0 amide bonds. The van der Waals surface area contributed by atoms with Gasteiger partial charge < -0.3 is 0 Å². The molecule has 0 aromatic heterocycles. The third kappa shape index (κ3) is 350. The molecular formula is CH4FeO4. The standard InChI is InChI=1S/CH4.Fe.4O/h1H4;;;;;. The van der Waals surface area contributed by atoms with Gasteiger partial charge in [-0.05, 0) is 0 Å². The molecule has 6 heavy (non-hydrogen) atoms. The maximum absolute atomic E-state index is 8.56. The Balaban J connectivity index is 0. The van der Waals surface area contributed by atoms with Crippen LogP contribution in [0, 0.1) is 0 Å². The van der Waals surface area contributed by atoms with Gasteiger partial charge in [0, 0.05) is 0 Å². The fraction of sp³-hybridized carbons (Fsp3) is 1.00. The van der Waals surface area contributed by atoms with Crippen LogP contribution in [0.25, 0.3) is 0 Å². The van der Waals surface area contributed by atoms with Crippen molar-refractivity contribution in [3.8, 4) is 0 Å². The number of hydrogen-bond donors (Lipinski definition) is 0. The van der Waals surface area contributed by atoms with Crippen LogP contribution in [0.5, 0.6) is 0 Å². The van der Waals surface area contributed by atoms with Crippen molar-refractivity contribution in [1.29, 1.82) is 0 Å². The Hall–Kier alpha value is -0.281. The van der Waals surface area contributed by atoms with Crippen molar-refractivity contribution in [2.45, 2.75) is 7.43 Å². The van der Waals surface area contributed by atoms with Crippen LogP contribution in [0.3, 0.4) is 0 Å². The van der Waals surface area contributed by atoms with E-state index in [0.717, 1.165) is 0 Å². The molecule has 40 valence electrons. The van der Waals surface area contributed by atoms with Gasteiger partial charge in [0.25, 0.3) is 0 Å². The zero-order valence-corrected chi connectivity index (χ0v) is 3.09. The van der Waals surface area contributed by atoms with Gasteiger partial charge in [0.2, 0.25) is 0 Å². The van der Waals surface area contributed by atoms with Crippen LogP contribution in [0.4, 0.5) is 0 Å². The van der Waals surface area contributed by atoms with Crippen molar-refractivity contribution in [3.63, 3.8) is 0 Å². The average Bonchev–Trinajstić information content (AvgIpc) is 0.722. The first kappa shape index (κ1) is 9.21. The van der Waals surface area contributed by atoms with E-state index < -0.39 is 12.6 Å².